The predicted molar refractivity (Wildman–Crippen MR) is 140 cm³/mol. The molecule has 39 heavy (non-hydrogen) atoms. The molecule has 208 valence electrons. The van der Waals surface area contributed by atoms with Gasteiger partial charge in [-0.05, 0) is 31.2 Å². The number of hydrogen-bond acceptors (Lipinski definition) is 9. The van der Waals surface area contributed by atoms with Gasteiger partial charge in [0.05, 0.1) is 17.2 Å². The van der Waals surface area contributed by atoms with Crippen molar-refractivity contribution in [2.75, 3.05) is 6.61 Å². The number of alkyl halides is 3. The average molecular weight is 601 g/mol. The molecular weight excluding hydrogens is 577 g/mol. The maximum absolute atomic E-state index is 13.0. The van der Waals surface area contributed by atoms with Gasteiger partial charge < -0.3 is 29.0 Å². The summed E-state index contributed by atoms with van der Waals surface area (Å²) >= 11 is 17.1. The van der Waals surface area contributed by atoms with E-state index in [9.17, 15) is 19.2 Å². The zero-order valence-electron chi connectivity index (χ0n) is 20.5. The number of hydrogen-bond donors (Lipinski definition) is 1. The van der Waals surface area contributed by atoms with E-state index in [-0.39, 0.29) is 17.7 Å². The summed E-state index contributed by atoms with van der Waals surface area (Å²) in [7, 11) is 0. The third-order valence-electron chi connectivity index (χ3n) is 5.36. The third-order valence-corrected chi connectivity index (χ3v) is 5.87. The highest BCUT2D eigenvalue weighted by atomic mass is 35.6. The molecule has 1 aliphatic rings. The molecule has 1 fully saturated rings. The fraction of sp³-hybridized carbons (Fsp3) is 0.308. The third kappa shape index (κ3) is 8.34. The first-order chi connectivity index (χ1) is 18.5. The van der Waals surface area contributed by atoms with E-state index in [0.717, 1.165) is 0 Å². The first kappa shape index (κ1) is 30.2. The highest BCUT2D eigenvalue weighted by molar-refractivity contribution is 6.76. The standard InChI is InChI=1S/C26H24Cl3NO9/c1-3-14-35-25(34)39-19-18(37-22(31)16-10-6-4-7-11-16)15(2)36-21(30-24(33)26(27,28)29)20(19)38-23(32)17-12-8-5-9-13-17/h3-13,15,18-21H,1,14H2,2H3,(H,30,33)/t15-,18+,19+,20+,21+/m0/s1. The van der Waals surface area contributed by atoms with E-state index in [1.807, 2.05) is 0 Å². The Kier molecular flexibility index (Phi) is 10.6. The monoisotopic (exact) mass is 599 g/mol. The molecule has 1 aliphatic heterocycles. The molecule has 2 aromatic rings. The van der Waals surface area contributed by atoms with Crippen LogP contribution in [-0.4, -0.2) is 65.0 Å². The first-order valence-corrected chi connectivity index (χ1v) is 12.6. The highest BCUT2D eigenvalue weighted by Gasteiger charge is 2.52. The smallest absolute Gasteiger partial charge is 0.452 e. The Hall–Kier alpha value is -3.31. The lowest BCUT2D eigenvalue weighted by atomic mass is 9.97. The van der Waals surface area contributed by atoms with Crippen LogP contribution in [0.2, 0.25) is 0 Å². The van der Waals surface area contributed by atoms with Gasteiger partial charge in [-0.2, -0.15) is 0 Å². The van der Waals surface area contributed by atoms with E-state index >= 15 is 0 Å². The van der Waals surface area contributed by atoms with Crippen molar-refractivity contribution in [2.24, 2.45) is 0 Å². The molecule has 0 aliphatic carbocycles. The van der Waals surface area contributed by atoms with Gasteiger partial charge in [-0.15, -0.1) is 0 Å². The van der Waals surface area contributed by atoms with Crippen LogP contribution in [0.5, 0.6) is 0 Å². The normalized spacial score (nSPS) is 22.6. The zero-order valence-corrected chi connectivity index (χ0v) is 22.7. The summed E-state index contributed by atoms with van der Waals surface area (Å²) in [6.07, 6.45) is -6.87. The summed E-state index contributed by atoms with van der Waals surface area (Å²) in [5, 5.41) is 2.33. The Balaban J connectivity index is 1.99. The van der Waals surface area contributed by atoms with Crippen LogP contribution in [0, 0.1) is 0 Å². The van der Waals surface area contributed by atoms with Crippen LogP contribution >= 0.6 is 34.8 Å². The van der Waals surface area contributed by atoms with Crippen LogP contribution in [0.1, 0.15) is 27.6 Å². The summed E-state index contributed by atoms with van der Waals surface area (Å²) in [6.45, 7) is 4.74. The molecular formula is C26H24Cl3NO9. The topological polar surface area (TPSA) is 126 Å². The molecule has 10 nitrogen and oxygen atoms in total. The van der Waals surface area contributed by atoms with Crippen LogP contribution in [0.3, 0.4) is 0 Å². The van der Waals surface area contributed by atoms with Gasteiger partial charge in [0.2, 0.25) is 0 Å². The van der Waals surface area contributed by atoms with Gasteiger partial charge in [-0.25, -0.2) is 14.4 Å². The second-order valence-corrected chi connectivity index (χ2v) is 10.4. The summed E-state index contributed by atoms with van der Waals surface area (Å²) in [4.78, 5) is 50.9. The fourth-order valence-corrected chi connectivity index (χ4v) is 3.73. The number of carbonyl (C=O) groups is 4. The summed E-state index contributed by atoms with van der Waals surface area (Å²) in [5.41, 5.74) is 0.329. The number of nitrogens with one attached hydrogen (secondary N) is 1. The second kappa shape index (κ2) is 13.7. The van der Waals surface area contributed by atoms with Gasteiger partial charge in [-0.3, -0.25) is 4.79 Å². The van der Waals surface area contributed by atoms with Gasteiger partial charge in [0.15, 0.2) is 24.5 Å². The Morgan fingerprint density at radius 2 is 1.38 bits per heavy atom. The van der Waals surface area contributed by atoms with Crippen molar-refractivity contribution in [3.63, 3.8) is 0 Å². The molecule has 1 amide bonds. The highest BCUT2D eigenvalue weighted by Crippen LogP contribution is 2.31. The Labute approximate surface area is 239 Å². The van der Waals surface area contributed by atoms with E-state index < -0.39 is 58.4 Å². The lowest BCUT2D eigenvalue weighted by Gasteiger charge is -2.44. The molecule has 0 spiro atoms. The molecule has 13 heteroatoms. The number of ether oxygens (including phenoxy) is 5. The number of benzene rings is 2. The number of rotatable bonds is 8. The van der Waals surface area contributed by atoms with Crippen LogP contribution in [0.15, 0.2) is 73.3 Å². The molecule has 0 saturated carbocycles. The van der Waals surface area contributed by atoms with Crippen molar-refractivity contribution >= 4 is 58.8 Å². The fourth-order valence-electron chi connectivity index (χ4n) is 3.57. The minimum atomic E-state index is -2.41. The lowest BCUT2D eigenvalue weighted by Crippen LogP contribution is -2.65. The molecule has 1 N–H and O–H groups in total. The van der Waals surface area contributed by atoms with Crippen LogP contribution in [0.4, 0.5) is 4.79 Å². The molecule has 0 unspecified atom stereocenters. The molecule has 1 heterocycles. The van der Waals surface area contributed by atoms with Gasteiger partial charge in [-0.1, -0.05) is 83.9 Å². The molecule has 0 radical (unpaired) electrons. The first-order valence-electron chi connectivity index (χ1n) is 11.5. The SMILES string of the molecule is C=CCOC(=O)O[C@H]1[C@@H](OC(=O)c2ccccc2)[C@H](NC(=O)C(Cl)(Cl)Cl)O[C@@H](C)[C@H]1OC(=O)c1ccccc1. The van der Waals surface area contributed by atoms with E-state index in [0.29, 0.717) is 0 Å². The van der Waals surface area contributed by atoms with E-state index in [2.05, 4.69) is 11.9 Å². The quantitative estimate of drug-likeness (QED) is 0.203. The minimum absolute atomic E-state index is 0.133. The van der Waals surface area contributed by atoms with Gasteiger partial charge in [0.1, 0.15) is 6.61 Å². The lowest BCUT2D eigenvalue weighted by molar-refractivity contribution is -0.227. The zero-order chi connectivity index (χ0) is 28.6. The number of halogens is 3. The van der Waals surface area contributed by atoms with Crippen molar-refractivity contribution in [2.45, 2.75) is 41.4 Å². The van der Waals surface area contributed by atoms with Gasteiger partial charge in [0.25, 0.3) is 9.70 Å². The maximum atomic E-state index is 13.0. The van der Waals surface area contributed by atoms with E-state index in [1.54, 1.807) is 36.4 Å². The van der Waals surface area contributed by atoms with E-state index in [1.165, 1.54) is 37.3 Å². The Morgan fingerprint density at radius 1 is 0.872 bits per heavy atom. The second-order valence-electron chi connectivity index (χ2n) is 8.14. The van der Waals surface area contributed by atoms with Crippen LogP contribution < -0.4 is 5.32 Å². The van der Waals surface area contributed by atoms with Crippen LogP contribution in [-0.2, 0) is 28.5 Å². The van der Waals surface area contributed by atoms with Crippen molar-refractivity contribution in [1.29, 1.82) is 0 Å². The van der Waals surface area contributed by atoms with Gasteiger partial charge >= 0.3 is 18.1 Å². The number of amides is 1. The molecule has 1 saturated heterocycles. The van der Waals surface area contributed by atoms with Gasteiger partial charge in [0, 0.05) is 0 Å². The molecule has 3 rings (SSSR count). The largest absolute Gasteiger partial charge is 0.509 e. The summed E-state index contributed by atoms with van der Waals surface area (Å²) < 4.78 is 25.1. The van der Waals surface area contributed by atoms with Crippen molar-refractivity contribution in [3.05, 3.63) is 84.4 Å². The Morgan fingerprint density at radius 3 is 1.87 bits per heavy atom. The number of esters is 2. The van der Waals surface area contributed by atoms with Crippen molar-refractivity contribution in [1.82, 2.24) is 5.32 Å². The minimum Gasteiger partial charge on any atom is -0.452 e. The molecule has 5 atom stereocenters. The van der Waals surface area contributed by atoms with E-state index in [4.69, 9.17) is 58.5 Å². The Bertz CT molecular complexity index is 1170. The van der Waals surface area contributed by atoms with Crippen molar-refractivity contribution < 1.29 is 42.9 Å². The average Bonchev–Trinajstić information content (AvgIpc) is 2.91. The molecule has 2 aromatic carbocycles. The predicted octanol–water partition coefficient (Wildman–Crippen LogP) is 4.38. The molecule has 0 aromatic heterocycles. The molecule has 0 bridgehead atoms. The van der Waals surface area contributed by atoms with Crippen LogP contribution in [0.25, 0.3) is 0 Å². The number of carbonyl (C=O) groups excluding carboxylic acids is 4. The van der Waals surface area contributed by atoms with Crippen molar-refractivity contribution in [3.8, 4) is 0 Å². The summed E-state index contributed by atoms with van der Waals surface area (Å²) in [6, 6.07) is 15.8. The summed E-state index contributed by atoms with van der Waals surface area (Å²) in [5.74, 6) is -2.76. The maximum Gasteiger partial charge on any atom is 0.509 e.